The van der Waals surface area contributed by atoms with Crippen molar-refractivity contribution >= 4 is 0 Å². The van der Waals surface area contributed by atoms with Gasteiger partial charge < -0.3 is 5.32 Å². The van der Waals surface area contributed by atoms with E-state index in [1.807, 2.05) is 0 Å². The van der Waals surface area contributed by atoms with Crippen LogP contribution in [0, 0.1) is 11.6 Å². The highest BCUT2D eigenvalue weighted by Crippen LogP contribution is 2.25. The molecule has 2 heterocycles. The zero-order valence-corrected chi connectivity index (χ0v) is 10.9. The second kappa shape index (κ2) is 5.63. The van der Waals surface area contributed by atoms with Gasteiger partial charge in [-0.05, 0) is 44.1 Å². The number of hydrogen-bond acceptors (Lipinski definition) is 3. The van der Waals surface area contributed by atoms with Gasteiger partial charge in [0.25, 0.3) is 0 Å². The average molecular weight is 275 g/mol. The van der Waals surface area contributed by atoms with E-state index in [2.05, 4.69) is 15.3 Å². The van der Waals surface area contributed by atoms with Crippen molar-refractivity contribution in [3.63, 3.8) is 0 Å². The minimum Gasteiger partial charge on any atom is -0.317 e. The lowest BCUT2D eigenvalue weighted by Crippen LogP contribution is -2.27. The Kier molecular flexibility index (Phi) is 3.69. The van der Waals surface area contributed by atoms with Gasteiger partial charge in [-0.2, -0.15) is 0 Å². The van der Waals surface area contributed by atoms with Crippen LogP contribution in [0.4, 0.5) is 8.78 Å². The molecule has 0 aliphatic carbocycles. The third-order valence-electron chi connectivity index (χ3n) is 3.63. The van der Waals surface area contributed by atoms with E-state index in [0.717, 1.165) is 43.8 Å². The van der Waals surface area contributed by atoms with Gasteiger partial charge in [0.1, 0.15) is 0 Å². The van der Waals surface area contributed by atoms with Crippen LogP contribution in [0.3, 0.4) is 0 Å². The van der Waals surface area contributed by atoms with Crippen LogP contribution in [0.15, 0.2) is 30.6 Å². The van der Waals surface area contributed by atoms with Crippen LogP contribution in [0.5, 0.6) is 0 Å². The van der Waals surface area contributed by atoms with Gasteiger partial charge >= 0.3 is 0 Å². The maximum absolute atomic E-state index is 13.3. The van der Waals surface area contributed by atoms with Crippen molar-refractivity contribution in [1.82, 2.24) is 15.3 Å². The van der Waals surface area contributed by atoms with E-state index in [0.29, 0.717) is 17.2 Å². The van der Waals surface area contributed by atoms with E-state index in [1.54, 1.807) is 12.4 Å². The van der Waals surface area contributed by atoms with Crippen LogP contribution in [0.1, 0.15) is 24.5 Å². The Labute approximate surface area is 116 Å². The van der Waals surface area contributed by atoms with E-state index >= 15 is 0 Å². The number of rotatable bonds is 2. The van der Waals surface area contributed by atoms with Gasteiger partial charge in [-0.25, -0.2) is 13.8 Å². The highest BCUT2D eigenvalue weighted by Gasteiger charge is 2.17. The lowest BCUT2D eigenvalue weighted by molar-refractivity contribution is 0.452. The third kappa shape index (κ3) is 2.67. The predicted molar refractivity (Wildman–Crippen MR) is 72.2 cm³/mol. The molecule has 0 spiro atoms. The third-order valence-corrected chi connectivity index (χ3v) is 3.63. The molecule has 3 rings (SSSR count). The maximum atomic E-state index is 13.3. The molecule has 3 nitrogen and oxygen atoms in total. The van der Waals surface area contributed by atoms with Gasteiger partial charge in [-0.3, -0.25) is 4.98 Å². The number of nitrogens with one attached hydrogen (secondary N) is 1. The molecule has 0 atom stereocenters. The number of aromatic nitrogens is 2. The highest BCUT2D eigenvalue weighted by molar-refractivity contribution is 5.58. The molecule has 20 heavy (non-hydrogen) atoms. The van der Waals surface area contributed by atoms with Gasteiger partial charge in [0.05, 0.1) is 17.6 Å². The van der Waals surface area contributed by atoms with Gasteiger partial charge in [0.15, 0.2) is 11.6 Å². The van der Waals surface area contributed by atoms with Crippen LogP contribution < -0.4 is 5.32 Å². The number of hydrogen-bond donors (Lipinski definition) is 1. The summed E-state index contributed by atoms with van der Waals surface area (Å²) in [5, 5.41) is 3.31. The van der Waals surface area contributed by atoms with E-state index in [1.165, 1.54) is 6.07 Å². The fourth-order valence-electron chi connectivity index (χ4n) is 2.49. The predicted octanol–water partition coefficient (Wildman–Crippen LogP) is 2.89. The van der Waals surface area contributed by atoms with Crippen LogP contribution in [0.2, 0.25) is 0 Å². The summed E-state index contributed by atoms with van der Waals surface area (Å²) in [6.45, 7) is 1.95. The summed E-state index contributed by atoms with van der Waals surface area (Å²) in [4.78, 5) is 8.75. The standard InChI is InChI=1S/C15H15F2N3/c16-12-2-1-11(7-13(12)17)15-9-19-8-14(20-15)10-3-5-18-6-4-10/h1-2,7-10,18H,3-6H2. The molecule has 0 radical (unpaired) electrons. The molecule has 1 aliphatic rings. The van der Waals surface area contributed by atoms with Crippen molar-refractivity contribution in [2.45, 2.75) is 18.8 Å². The van der Waals surface area contributed by atoms with Crippen molar-refractivity contribution in [2.24, 2.45) is 0 Å². The van der Waals surface area contributed by atoms with Crippen LogP contribution in [-0.4, -0.2) is 23.1 Å². The molecule has 1 aliphatic heterocycles. The zero-order chi connectivity index (χ0) is 13.9. The summed E-state index contributed by atoms with van der Waals surface area (Å²) in [7, 11) is 0. The molecule has 1 aromatic carbocycles. The molecule has 0 bridgehead atoms. The fraction of sp³-hybridized carbons (Fsp3) is 0.333. The molecule has 5 heteroatoms. The lowest BCUT2D eigenvalue weighted by atomic mass is 9.95. The Hall–Kier alpha value is -1.88. The number of piperidine rings is 1. The van der Waals surface area contributed by atoms with Gasteiger partial charge in [0, 0.05) is 17.7 Å². The first kappa shape index (κ1) is 13.1. The molecule has 1 N–H and O–H groups in total. The molecular formula is C15H15F2N3. The van der Waals surface area contributed by atoms with Crippen molar-refractivity contribution < 1.29 is 8.78 Å². The second-order valence-corrected chi connectivity index (χ2v) is 4.98. The first-order valence-electron chi connectivity index (χ1n) is 6.72. The molecule has 1 fully saturated rings. The zero-order valence-electron chi connectivity index (χ0n) is 10.9. The van der Waals surface area contributed by atoms with E-state index < -0.39 is 11.6 Å². The van der Waals surface area contributed by atoms with Crippen molar-refractivity contribution in [1.29, 1.82) is 0 Å². The van der Waals surface area contributed by atoms with E-state index in [4.69, 9.17) is 0 Å². The Morgan fingerprint density at radius 1 is 1.05 bits per heavy atom. The Bertz CT molecular complexity index is 610. The SMILES string of the molecule is Fc1ccc(-c2cncc(C3CCNCC3)n2)cc1F. The average Bonchev–Trinajstić information content (AvgIpc) is 2.51. The summed E-state index contributed by atoms with van der Waals surface area (Å²) in [5.74, 6) is -1.33. The van der Waals surface area contributed by atoms with Crippen molar-refractivity contribution in [3.8, 4) is 11.3 Å². The number of nitrogens with zero attached hydrogens (tertiary/aromatic N) is 2. The molecule has 0 unspecified atom stereocenters. The van der Waals surface area contributed by atoms with Crippen molar-refractivity contribution in [2.75, 3.05) is 13.1 Å². The summed E-state index contributed by atoms with van der Waals surface area (Å²) in [6, 6.07) is 3.80. The summed E-state index contributed by atoms with van der Waals surface area (Å²) >= 11 is 0. The normalized spacial score (nSPS) is 16.3. The number of benzene rings is 1. The summed E-state index contributed by atoms with van der Waals surface area (Å²) < 4.78 is 26.3. The van der Waals surface area contributed by atoms with Gasteiger partial charge in [-0.15, -0.1) is 0 Å². The van der Waals surface area contributed by atoms with Crippen LogP contribution >= 0.6 is 0 Å². The lowest BCUT2D eigenvalue weighted by Gasteiger charge is -2.22. The minimum absolute atomic E-state index is 0.383. The fourth-order valence-corrected chi connectivity index (χ4v) is 2.49. The Balaban J connectivity index is 1.91. The molecule has 0 saturated carbocycles. The first-order valence-corrected chi connectivity index (χ1v) is 6.72. The molecule has 0 amide bonds. The minimum atomic E-state index is -0.864. The smallest absolute Gasteiger partial charge is 0.159 e. The van der Waals surface area contributed by atoms with Gasteiger partial charge in [0.2, 0.25) is 0 Å². The number of halogens is 2. The molecule has 104 valence electrons. The second-order valence-electron chi connectivity index (χ2n) is 4.98. The first-order chi connectivity index (χ1) is 9.74. The summed E-state index contributed by atoms with van der Waals surface area (Å²) in [5.41, 5.74) is 2.06. The molecule has 1 aromatic heterocycles. The maximum Gasteiger partial charge on any atom is 0.159 e. The Morgan fingerprint density at radius 3 is 2.60 bits per heavy atom. The monoisotopic (exact) mass is 275 g/mol. The highest BCUT2D eigenvalue weighted by atomic mass is 19.2. The Morgan fingerprint density at radius 2 is 1.85 bits per heavy atom. The van der Waals surface area contributed by atoms with Crippen LogP contribution in [0.25, 0.3) is 11.3 Å². The quantitative estimate of drug-likeness (QED) is 0.915. The van der Waals surface area contributed by atoms with E-state index in [9.17, 15) is 8.78 Å². The van der Waals surface area contributed by atoms with Crippen molar-refractivity contribution in [3.05, 3.63) is 47.9 Å². The van der Waals surface area contributed by atoms with Gasteiger partial charge in [-0.1, -0.05) is 0 Å². The topological polar surface area (TPSA) is 37.8 Å². The molecular weight excluding hydrogens is 260 g/mol. The van der Waals surface area contributed by atoms with Crippen LogP contribution in [-0.2, 0) is 0 Å². The summed E-state index contributed by atoms with van der Waals surface area (Å²) in [6.07, 6.45) is 5.39. The van der Waals surface area contributed by atoms with E-state index in [-0.39, 0.29) is 0 Å². The largest absolute Gasteiger partial charge is 0.317 e. The molecule has 2 aromatic rings. The molecule has 1 saturated heterocycles.